The van der Waals surface area contributed by atoms with E-state index in [1.54, 1.807) is 13.0 Å². The van der Waals surface area contributed by atoms with Crippen molar-refractivity contribution in [2.24, 2.45) is 5.73 Å². The van der Waals surface area contributed by atoms with Gasteiger partial charge in [0, 0.05) is 12.2 Å². The summed E-state index contributed by atoms with van der Waals surface area (Å²) in [5, 5.41) is 3.54. The number of nitrogens with zero attached hydrogens (tertiary/aromatic N) is 2. The predicted molar refractivity (Wildman–Crippen MR) is 65.9 cm³/mol. The van der Waals surface area contributed by atoms with Crippen LogP contribution in [-0.2, 0) is 12.6 Å². The molecule has 7 heteroatoms. The molecule has 0 spiro atoms. The zero-order chi connectivity index (χ0) is 14.9. The average molecular weight is 287 g/mol. The number of nitrogens with two attached hydrogens (primary N) is 1. The standard InChI is InChI=1S/C13H13F4N3/c1-8(18)4-9-2-3-12(11(14)5-9)20-7-10(6-19-20)13(15,16)17/h2-3,5-8H,4,18H2,1H3. The molecule has 3 nitrogen and oxygen atoms in total. The fraction of sp³-hybridized carbons (Fsp3) is 0.308. The fourth-order valence-electron chi connectivity index (χ4n) is 1.84. The van der Waals surface area contributed by atoms with E-state index < -0.39 is 17.6 Å². The average Bonchev–Trinajstić information content (AvgIpc) is 2.77. The molecule has 0 saturated carbocycles. The highest BCUT2D eigenvalue weighted by Gasteiger charge is 2.32. The lowest BCUT2D eigenvalue weighted by molar-refractivity contribution is -0.137. The van der Waals surface area contributed by atoms with Gasteiger partial charge in [-0.05, 0) is 31.0 Å². The van der Waals surface area contributed by atoms with Crippen LogP contribution in [0.1, 0.15) is 18.1 Å². The first kappa shape index (κ1) is 14.5. The molecule has 1 aromatic carbocycles. The van der Waals surface area contributed by atoms with Crippen LogP contribution < -0.4 is 5.73 Å². The van der Waals surface area contributed by atoms with Crippen LogP contribution in [0.15, 0.2) is 30.6 Å². The Kier molecular flexibility index (Phi) is 3.80. The lowest BCUT2D eigenvalue weighted by Crippen LogP contribution is -2.17. The second-order valence-corrected chi connectivity index (χ2v) is 4.64. The van der Waals surface area contributed by atoms with Crippen molar-refractivity contribution >= 4 is 0 Å². The van der Waals surface area contributed by atoms with Gasteiger partial charge in [-0.15, -0.1) is 0 Å². The number of hydrogen-bond acceptors (Lipinski definition) is 2. The van der Waals surface area contributed by atoms with Gasteiger partial charge in [0.15, 0.2) is 0 Å². The normalized spacial score (nSPS) is 13.5. The fourth-order valence-corrected chi connectivity index (χ4v) is 1.84. The minimum Gasteiger partial charge on any atom is -0.328 e. The van der Waals surface area contributed by atoms with Crippen molar-refractivity contribution in [1.29, 1.82) is 0 Å². The Morgan fingerprint density at radius 1 is 1.35 bits per heavy atom. The van der Waals surface area contributed by atoms with Gasteiger partial charge >= 0.3 is 6.18 Å². The van der Waals surface area contributed by atoms with Crippen LogP contribution in [0.4, 0.5) is 17.6 Å². The maximum atomic E-state index is 13.9. The second-order valence-electron chi connectivity index (χ2n) is 4.64. The molecule has 0 bridgehead atoms. The molecule has 0 aliphatic heterocycles. The summed E-state index contributed by atoms with van der Waals surface area (Å²) in [6, 6.07) is 4.15. The van der Waals surface area contributed by atoms with E-state index in [2.05, 4.69) is 5.10 Å². The molecular formula is C13H13F4N3. The highest BCUT2D eigenvalue weighted by Crippen LogP contribution is 2.29. The van der Waals surface area contributed by atoms with Crippen LogP contribution in [0.3, 0.4) is 0 Å². The van der Waals surface area contributed by atoms with Crippen LogP contribution >= 0.6 is 0 Å². The molecule has 2 N–H and O–H groups in total. The molecule has 1 unspecified atom stereocenters. The largest absolute Gasteiger partial charge is 0.419 e. The van der Waals surface area contributed by atoms with Crippen molar-refractivity contribution in [2.45, 2.75) is 25.6 Å². The van der Waals surface area contributed by atoms with Gasteiger partial charge in [-0.25, -0.2) is 9.07 Å². The first-order valence-electron chi connectivity index (χ1n) is 5.93. The molecule has 108 valence electrons. The van der Waals surface area contributed by atoms with Crippen LogP contribution in [0.2, 0.25) is 0 Å². The van der Waals surface area contributed by atoms with E-state index in [4.69, 9.17) is 5.73 Å². The van der Waals surface area contributed by atoms with Crippen molar-refractivity contribution in [3.63, 3.8) is 0 Å². The van der Waals surface area contributed by atoms with Crippen LogP contribution in [0, 0.1) is 5.82 Å². The van der Waals surface area contributed by atoms with Crippen molar-refractivity contribution in [1.82, 2.24) is 9.78 Å². The molecule has 1 heterocycles. The Balaban J connectivity index is 2.31. The quantitative estimate of drug-likeness (QED) is 0.882. The van der Waals surface area contributed by atoms with E-state index in [1.165, 1.54) is 12.1 Å². The number of halogens is 4. The van der Waals surface area contributed by atoms with Crippen LogP contribution in [0.25, 0.3) is 5.69 Å². The molecule has 0 aliphatic carbocycles. The van der Waals surface area contributed by atoms with E-state index in [1.807, 2.05) is 0 Å². The second kappa shape index (κ2) is 5.24. The Bertz CT molecular complexity index is 602. The van der Waals surface area contributed by atoms with Crippen molar-refractivity contribution in [3.05, 3.63) is 47.5 Å². The van der Waals surface area contributed by atoms with Gasteiger partial charge in [-0.1, -0.05) is 6.07 Å². The predicted octanol–water partition coefficient (Wildman–Crippen LogP) is 2.92. The molecule has 2 rings (SSSR count). The monoisotopic (exact) mass is 287 g/mol. The molecule has 0 radical (unpaired) electrons. The molecule has 2 aromatic rings. The summed E-state index contributed by atoms with van der Waals surface area (Å²) in [7, 11) is 0. The summed E-state index contributed by atoms with van der Waals surface area (Å²) in [4.78, 5) is 0. The van der Waals surface area contributed by atoms with Gasteiger partial charge in [0.05, 0.1) is 11.8 Å². The first-order chi connectivity index (χ1) is 9.27. The molecule has 20 heavy (non-hydrogen) atoms. The topological polar surface area (TPSA) is 43.8 Å². The molecule has 0 saturated heterocycles. The summed E-state index contributed by atoms with van der Waals surface area (Å²) in [6.45, 7) is 1.79. The highest BCUT2D eigenvalue weighted by molar-refractivity contribution is 5.36. The third-order valence-corrected chi connectivity index (χ3v) is 2.73. The smallest absolute Gasteiger partial charge is 0.328 e. The molecule has 0 amide bonds. The van der Waals surface area contributed by atoms with Gasteiger partial charge in [0.2, 0.25) is 0 Å². The van der Waals surface area contributed by atoms with Gasteiger partial charge in [0.1, 0.15) is 11.5 Å². The van der Waals surface area contributed by atoms with Crippen LogP contribution in [0.5, 0.6) is 0 Å². The number of benzene rings is 1. The van der Waals surface area contributed by atoms with E-state index in [0.717, 1.165) is 10.9 Å². The summed E-state index contributed by atoms with van der Waals surface area (Å²) in [5.74, 6) is -0.639. The molecular weight excluding hydrogens is 274 g/mol. The maximum absolute atomic E-state index is 13.9. The van der Waals surface area contributed by atoms with E-state index >= 15 is 0 Å². The number of hydrogen-bond donors (Lipinski definition) is 1. The minimum atomic E-state index is -4.50. The van der Waals surface area contributed by atoms with Crippen LogP contribution in [-0.4, -0.2) is 15.8 Å². The van der Waals surface area contributed by atoms with E-state index in [-0.39, 0.29) is 11.7 Å². The maximum Gasteiger partial charge on any atom is 0.419 e. The zero-order valence-electron chi connectivity index (χ0n) is 10.7. The third-order valence-electron chi connectivity index (χ3n) is 2.73. The van der Waals surface area contributed by atoms with Gasteiger partial charge in [0.25, 0.3) is 0 Å². The van der Waals surface area contributed by atoms with Crippen molar-refractivity contribution in [2.75, 3.05) is 0 Å². The molecule has 1 atom stereocenters. The highest BCUT2D eigenvalue weighted by atomic mass is 19.4. The summed E-state index contributed by atoms with van der Waals surface area (Å²) >= 11 is 0. The minimum absolute atomic E-state index is 0.0334. The summed E-state index contributed by atoms with van der Waals surface area (Å²) < 4.78 is 52.2. The van der Waals surface area contributed by atoms with E-state index in [0.29, 0.717) is 18.2 Å². The van der Waals surface area contributed by atoms with Gasteiger partial charge in [-0.2, -0.15) is 18.3 Å². The van der Waals surface area contributed by atoms with Gasteiger partial charge in [-0.3, -0.25) is 0 Å². The third kappa shape index (κ3) is 3.16. The lowest BCUT2D eigenvalue weighted by Gasteiger charge is -2.08. The summed E-state index contributed by atoms with van der Waals surface area (Å²) in [6.07, 6.45) is -2.59. The molecule has 1 aromatic heterocycles. The van der Waals surface area contributed by atoms with E-state index in [9.17, 15) is 17.6 Å². The lowest BCUT2D eigenvalue weighted by atomic mass is 10.1. The number of alkyl halides is 3. The Morgan fingerprint density at radius 3 is 2.55 bits per heavy atom. The number of aromatic nitrogens is 2. The Hall–Kier alpha value is -1.89. The first-order valence-corrected chi connectivity index (χ1v) is 5.93. The Morgan fingerprint density at radius 2 is 2.05 bits per heavy atom. The SMILES string of the molecule is CC(N)Cc1ccc(-n2cc(C(F)(F)F)cn2)c(F)c1. The molecule has 0 fully saturated rings. The van der Waals surface area contributed by atoms with Gasteiger partial charge < -0.3 is 5.73 Å². The van der Waals surface area contributed by atoms with Crippen molar-refractivity contribution < 1.29 is 17.6 Å². The zero-order valence-corrected chi connectivity index (χ0v) is 10.7. The summed E-state index contributed by atoms with van der Waals surface area (Å²) in [5.41, 5.74) is 5.34. The number of rotatable bonds is 3. The molecule has 0 aliphatic rings. The van der Waals surface area contributed by atoms with Crippen molar-refractivity contribution in [3.8, 4) is 5.69 Å². The Labute approximate surface area is 113 Å².